The van der Waals surface area contributed by atoms with Crippen molar-refractivity contribution in [3.8, 4) is 0 Å². The molecule has 0 aromatic heterocycles. The van der Waals surface area contributed by atoms with Gasteiger partial charge in [-0.1, -0.05) is 12.1 Å². The van der Waals surface area contributed by atoms with E-state index < -0.39 is 5.67 Å². The summed E-state index contributed by atoms with van der Waals surface area (Å²) >= 11 is 1.72. The minimum Gasteiger partial charge on any atom is -0.244 e. The molecule has 1 aliphatic rings. The molecule has 0 N–H and O–H groups in total. The SMILES string of the molecule is CSc1ccc(C2(C(C)(C)F)CC2)cc1. The molecule has 0 atom stereocenters. The van der Waals surface area contributed by atoms with Crippen LogP contribution in [0.15, 0.2) is 29.2 Å². The molecule has 1 aliphatic carbocycles. The van der Waals surface area contributed by atoms with Crippen molar-refractivity contribution in [2.24, 2.45) is 0 Å². The summed E-state index contributed by atoms with van der Waals surface area (Å²) in [7, 11) is 0. The lowest BCUT2D eigenvalue weighted by molar-refractivity contribution is 0.156. The lowest BCUT2D eigenvalue weighted by Gasteiger charge is -2.27. The Balaban J connectivity index is 2.30. The molecular weight excluding hydrogens is 207 g/mol. The van der Waals surface area contributed by atoms with Crippen molar-refractivity contribution < 1.29 is 4.39 Å². The van der Waals surface area contributed by atoms with E-state index >= 15 is 0 Å². The molecule has 0 heterocycles. The van der Waals surface area contributed by atoms with Crippen LogP contribution in [0.2, 0.25) is 0 Å². The maximum Gasteiger partial charge on any atom is 0.115 e. The fourth-order valence-electron chi connectivity index (χ4n) is 2.26. The summed E-state index contributed by atoms with van der Waals surface area (Å²) < 4.78 is 14.1. The van der Waals surface area contributed by atoms with Crippen molar-refractivity contribution in [1.82, 2.24) is 0 Å². The molecule has 2 rings (SSSR count). The summed E-state index contributed by atoms with van der Waals surface area (Å²) in [5, 5.41) is 0. The van der Waals surface area contributed by atoms with Crippen molar-refractivity contribution in [3.05, 3.63) is 29.8 Å². The van der Waals surface area contributed by atoms with Gasteiger partial charge < -0.3 is 0 Å². The Bertz CT molecular complexity index is 344. The van der Waals surface area contributed by atoms with E-state index in [0.29, 0.717) is 0 Å². The first kappa shape index (κ1) is 11.0. The van der Waals surface area contributed by atoms with Crippen molar-refractivity contribution in [2.75, 3.05) is 6.26 Å². The van der Waals surface area contributed by atoms with Gasteiger partial charge in [-0.05, 0) is 50.6 Å². The van der Waals surface area contributed by atoms with E-state index in [1.54, 1.807) is 25.6 Å². The second-order valence-electron chi connectivity index (χ2n) is 4.78. The van der Waals surface area contributed by atoms with Crippen LogP contribution in [0.4, 0.5) is 4.39 Å². The van der Waals surface area contributed by atoms with E-state index in [1.165, 1.54) is 4.90 Å². The second-order valence-corrected chi connectivity index (χ2v) is 5.66. The molecule has 0 amide bonds. The van der Waals surface area contributed by atoms with Gasteiger partial charge >= 0.3 is 0 Å². The van der Waals surface area contributed by atoms with Crippen LogP contribution in [-0.2, 0) is 5.41 Å². The van der Waals surface area contributed by atoms with Gasteiger partial charge in [-0.15, -0.1) is 11.8 Å². The van der Waals surface area contributed by atoms with Crippen LogP contribution in [0, 0.1) is 0 Å². The zero-order chi connectivity index (χ0) is 11.1. The molecule has 0 aliphatic heterocycles. The Morgan fingerprint density at radius 2 is 1.73 bits per heavy atom. The predicted octanol–water partition coefficient (Wildman–Crippen LogP) is 4.19. The molecule has 1 aromatic carbocycles. The van der Waals surface area contributed by atoms with Gasteiger partial charge in [-0.25, -0.2) is 4.39 Å². The van der Waals surface area contributed by atoms with E-state index in [0.717, 1.165) is 18.4 Å². The number of halogens is 1. The minimum atomic E-state index is -1.10. The molecular formula is C13H17FS. The average Bonchev–Trinajstić information content (AvgIpc) is 2.98. The first-order valence-corrected chi connectivity index (χ1v) is 6.55. The quantitative estimate of drug-likeness (QED) is 0.694. The summed E-state index contributed by atoms with van der Waals surface area (Å²) in [6.45, 7) is 3.39. The Morgan fingerprint density at radius 1 is 1.20 bits per heavy atom. The molecule has 1 aromatic rings. The molecule has 1 fully saturated rings. The summed E-state index contributed by atoms with van der Waals surface area (Å²) in [6, 6.07) is 8.35. The standard InChI is InChI=1S/C13H17FS/c1-12(2,14)13(8-9-13)10-4-6-11(15-3)7-5-10/h4-7H,8-9H2,1-3H3. The number of benzene rings is 1. The Hall–Kier alpha value is -0.500. The number of hydrogen-bond donors (Lipinski definition) is 0. The topological polar surface area (TPSA) is 0 Å². The summed E-state index contributed by atoms with van der Waals surface area (Å²) in [5.74, 6) is 0. The van der Waals surface area contributed by atoms with Gasteiger partial charge in [-0.3, -0.25) is 0 Å². The third kappa shape index (κ3) is 1.80. The van der Waals surface area contributed by atoms with Crippen molar-refractivity contribution >= 4 is 11.8 Å². The normalized spacial score (nSPS) is 18.9. The largest absolute Gasteiger partial charge is 0.244 e. The van der Waals surface area contributed by atoms with E-state index in [-0.39, 0.29) is 5.41 Å². The van der Waals surface area contributed by atoms with E-state index in [1.807, 2.05) is 0 Å². The highest BCUT2D eigenvalue weighted by Gasteiger charge is 2.56. The number of hydrogen-bond acceptors (Lipinski definition) is 1. The highest BCUT2D eigenvalue weighted by atomic mass is 32.2. The number of rotatable bonds is 3. The summed E-state index contributed by atoms with van der Waals surface area (Å²) in [6.07, 6.45) is 4.02. The van der Waals surface area contributed by atoms with E-state index in [2.05, 4.69) is 30.5 Å². The van der Waals surface area contributed by atoms with Crippen LogP contribution in [0.5, 0.6) is 0 Å². The Morgan fingerprint density at radius 3 is 2.07 bits per heavy atom. The van der Waals surface area contributed by atoms with Gasteiger partial charge in [0.2, 0.25) is 0 Å². The molecule has 0 nitrogen and oxygen atoms in total. The van der Waals surface area contributed by atoms with Gasteiger partial charge in [0.1, 0.15) is 5.67 Å². The van der Waals surface area contributed by atoms with Gasteiger partial charge in [0.15, 0.2) is 0 Å². The van der Waals surface area contributed by atoms with Crippen LogP contribution in [0.3, 0.4) is 0 Å². The molecule has 82 valence electrons. The van der Waals surface area contributed by atoms with Crippen LogP contribution in [-0.4, -0.2) is 11.9 Å². The van der Waals surface area contributed by atoms with Gasteiger partial charge in [-0.2, -0.15) is 0 Å². The van der Waals surface area contributed by atoms with Gasteiger partial charge in [0.05, 0.1) is 0 Å². The first-order valence-electron chi connectivity index (χ1n) is 5.33. The van der Waals surface area contributed by atoms with Crippen molar-refractivity contribution in [1.29, 1.82) is 0 Å². The maximum atomic E-state index is 14.1. The predicted molar refractivity (Wildman–Crippen MR) is 64.3 cm³/mol. The van der Waals surface area contributed by atoms with Crippen LogP contribution >= 0.6 is 11.8 Å². The Labute approximate surface area is 95.3 Å². The molecule has 15 heavy (non-hydrogen) atoms. The third-order valence-corrected chi connectivity index (χ3v) is 4.27. The molecule has 0 spiro atoms. The molecule has 0 radical (unpaired) electrons. The minimum absolute atomic E-state index is 0.204. The van der Waals surface area contributed by atoms with Crippen LogP contribution < -0.4 is 0 Å². The highest BCUT2D eigenvalue weighted by molar-refractivity contribution is 7.98. The molecule has 2 heteroatoms. The smallest absolute Gasteiger partial charge is 0.115 e. The monoisotopic (exact) mass is 224 g/mol. The molecule has 0 saturated heterocycles. The van der Waals surface area contributed by atoms with Crippen LogP contribution in [0.25, 0.3) is 0 Å². The number of alkyl halides is 1. The highest BCUT2D eigenvalue weighted by Crippen LogP contribution is 2.57. The van der Waals surface area contributed by atoms with E-state index in [9.17, 15) is 4.39 Å². The fraction of sp³-hybridized carbons (Fsp3) is 0.538. The summed E-state index contributed by atoms with van der Waals surface area (Å²) in [4.78, 5) is 1.24. The second kappa shape index (κ2) is 3.51. The number of thioether (sulfide) groups is 1. The van der Waals surface area contributed by atoms with E-state index in [4.69, 9.17) is 0 Å². The average molecular weight is 224 g/mol. The lowest BCUT2D eigenvalue weighted by atomic mass is 9.83. The summed E-state index contributed by atoms with van der Waals surface area (Å²) in [5.41, 5.74) is -0.148. The van der Waals surface area contributed by atoms with Crippen LogP contribution in [0.1, 0.15) is 32.3 Å². The fourth-order valence-corrected chi connectivity index (χ4v) is 2.67. The van der Waals surface area contributed by atoms with Gasteiger partial charge in [0, 0.05) is 10.3 Å². The third-order valence-electron chi connectivity index (χ3n) is 3.53. The van der Waals surface area contributed by atoms with Crippen molar-refractivity contribution in [3.63, 3.8) is 0 Å². The molecule has 0 bridgehead atoms. The zero-order valence-electron chi connectivity index (χ0n) is 9.51. The molecule has 1 saturated carbocycles. The Kier molecular flexibility index (Phi) is 2.58. The van der Waals surface area contributed by atoms with Gasteiger partial charge in [0.25, 0.3) is 0 Å². The lowest BCUT2D eigenvalue weighted by Crippen LogP contribution is -2.31. The van der Waals surface area contributed by atoms with Crippen molar-refractivity contribution in [2.45, 2.75) is 42.7 Å². The zero-order valence-corrected chi connectivity index (χ0v) is 10.3. The maximum absolute atomic E-state index is 14.1. The first-order chi connectivity index (χ1) is 6.99. The molecule has 0 unspecified atom stereocenters.